The minimum Gasteiger partial charge on any atom is -0.0622 e. The topological polar surface area (TPSA) is 0 Å². The zero-order chi connectivity index (χ0) is 43.8. The lowest BCUT2D eigenvalue weighted by atomic mass is 9.83. The molecule has 0 N–H and O–H groups in total. The van der Waals surface area contributed by atoms with Gasteiger partial charge in [0, 0.05) is 0 Å². The first-order valence-electron chi connectivity index (χ1n) is 22.8. The molecule has 0 aliphatic rings. The molecule has 0 fully saturated rings. The molecule has 12 rings (SSSR count). The third-order valence-electron chi connectivity index (χ3n) is 13.2. The van der Waals surface area contributed by atoms with Crippen LogP contribution >= 0.6 is 0 Å². The van der Waals surface area contributed by atoms with E-state index in [2.05, 4.69) is 267 Å². The van der Waals surface area contributed by atoms with Crippen LogP contribution in [0, 0.1) is 0 Å². The summed E-state index contributed by atoms with van der Waals surface area (Å²) in [6.07, 6.45) is 4.48. The van der Waals surface area contributed by atoms with Gasteiger partial charge in [0.15, 0.2) is 0 Å². The van der Waals surface area contributed by atoms with Crippen LogP contribution in [0.3, 0.4) is 0 Å². The number of fused-ring (bicyclic) bond motifs is 4. The molecule has 0 amide bonds. The van der Waals surface area contributed by atoms with Crippen molar-refractivity contribution in [2.45, 2.75) is 0 Å². The fourth-order valence-electron chi connectivity index (χ4n) is 10.4. The standard InChI is InChI=1S/C66H44/c1-5-21-48(22-6-1)61-55-30-13-15-32-57(55)63(50-25-9-3-10-26-50)65-53(34-18-36-59(61)65)47-42-40-45(41-43-47)38-39-46-20-17-29-52(44-46)54-35-19-37-60-62(49-23-7-2-8-24-49)56-31-14-16-33-58(56)64(66(54)60)51-27-11-4-12-28-51/h1-44H. The molecule has 0 heterocycles. The van der Waals surface area contributed by atoms with Gasteiger partial charge in [-0.25, -0.2) is 0 Å². The maximum atomic E-state index is 2.33. The zero-order valence-electron chi connectivity index (χ0n) is 36.4. The second-order valence-corrected chi connectivity index (χ2v) is 17.1. The average Bonchev–Trinajstić information content (AvgIpc) is 3.39. The number of hydrogen-bond acceptors (Lipinski definition) is 0. The first-order chi connectivity index (χ1) is 32.8. The van der Waals surface area contributed by atoms with Crippen LogP contribution in [0.1, 0.15) is 11.1 Å². The average molecular weight is 837 g/mol. The van der Waals surface area contributed by atoms with Crippen LogP contribution in [0.2, 0.25) is 0 Å². The Bertz CT molecular complexity index is 3750. The summed E-state index contributed by atoms with van der Waals surface area (Å²) in [5.41, 5.74) is 17.1. The predicted octanol–water partition coefficient (Wildman–Crippen LogP) is 18.5. The molecule has 0 aliphatic heterocycles. The number of hydrogen-bond donors (Lipinski definition) is 0. The Morgan fingerprint density at radius 1 is 0.197 bits per heavy atom. The fraction of sp³-hybridized carbons (Fsp3) is 0. The van der Waals surface area contributed by atoms with Crippen LogP contribution < -0.4 is 0 Å². The van der Waals surface area contributed by atoms with Gasteiger partial charge >= 0.3 is 0 Å². The molecule has 0 nitrogen and oxygen atoms in total. The largest absolute Gasteiger partial charge is 0.0622 e. The summed E-state index contributed by atoms with van der Waals surface area (Å²) < 4.78 is 0. The Balaban J connectivity index is 0.960. The summed E-state index contributed by atoms with van der Waals surface area (Å²) >= 11 is 0. The molecule has 0 spiro atoms. The highest BCUT2D eigenvalue weighted by Gasteiger charge is 2.21. The molecule has 12 aromatic rings. The molecule has 0 bridgehead atoms. The van der Waals surface area contributed by atoms with Crippen molar-refractivity contribution >= 4 is 55.2 Å². The molecule has 308 valence electrons. The Morgan fingerprint density at radius 3 is 0.985 bits per heavy atom. The first kappa shape index (κ1) is 39.0. The Kier molecular flexibility index (Phi) is 9.97. The van der Waals surface area contributed by atoms with E-state index < -0.39 is 0 Å². The van der Waals surface area contributed by atoms with E-state index in [0.29, 0.717) is 0 Å². The lowest BCUT2D eigenvalue weighted by Gasteiger charge is -2.20. The van der Waals surface area contributed by atoms with E-state index in [0.717, 1.165) is 11.1 Å². The van der Waals surface area contributed by atoms with Gasteiger partial charge in [0.1, 0.15) is 0 Å². The number of rotatable bonds is 8. The lowest BCUT2D eigenvalue weighted by Crippen LogP contribution is -1.93. The predicted molar refractivity (Wildman–Crippen MR) is 284 cm³/mol. The van der Waals surface area contributed by atoms with Gasteiger partial charge in [-0.2, -0.15) is 0 Å². The van der Waals surface area contributed by atoms with Gasteiger partial charge in [-0.3, -0.25) is 0 Å². The fourth-order valence-corrected chi connectivity index (χ4v) is 10.4. The Labute approximate surface area is 386 Å². The molecular formula is C66H44. The third-order valence-corrected chi connectivity index (χ3v) is 13.2. The van der Waals surface area contributed by atoms with Crippen molar-refractivity contribution in [3.63, 3.8) is 0 Å². The normalized spacial score (nSPS) is 11.6. The summed E-state index contributed by atoms with van der Waals surface area (Å²) in [6.45, 7) is 0. The Morgan fingerprint density at radius 2 is 0.530 bits per heavy atom. The summed E-state index contributed by atoms with van der Waals surface area (Å²) in [5, 5.41) is 10.1. The Hall–Kier alpha value is -8.58. The lowest BCUT2D eigenvalue weighted by molar-refractivity contribution is 1.60. The van der Waals surface area contributed by atoms with Crippen LogP contribution in [0.5, 0.6) is 0 Å². The van der Waals surface area contributed by atoms with E-state index in [4.69, 9.17) is 0 Å². The highest BCUT2D eigenvalue weighted by atomic mass is 14.2. The summed E-state index contributed by atoms with van der Waals surface area (Å²) in [7, 11) is 0. The molecule has 0 unspecified atom stereocenters. The van der Waals surface area contributed by atoms with Crippen LogP contribution in [0.15, 0.2) is 255 Å². The van der Waals surface area contributed by atoms with Crippen molar-refractivity contribution in [3.8, 4) is 66.8 Å². The zero-order valence-corrected chi connectivity index (χ0v) is 36.4. The van der Waals surface area contributed by atoms with Gasteiger partial charge in [0.05, 0.1) is 0 Å². The van der Waals surface area contributed by atoms with E-state index >= 15 is 0 Å². The molecule has 0 atom stereocenters. The van der Waals surface area contributed by atoms with Gasteiger partial charge in [0.25, 0.3) is 0 Å². The smallest absolute Gasteiger partial charge is 0.00141 e. The minimum absolute atomic E-state index is 1.15. The maximum Gasteiger partial charge on any atom is -0.00141 e. The van der Waals surface area contributed by atoms with Crippen LogP contribution in [0.4, 0.5) is 0 Å². The maximum absolute atomic E-state index is 2.33. The molecule has 0 saturated heterocycles. The van der Waals surface area contributed by atoms with Gasteiger partial charge in [0.2, 0.25) is 0 Å². The van der Waals surface area contributed by atoms with Crippen molar-refractivity contribution in [1.82, 2.24) is 0 Å². The minimum atomic E-state index is 1.15. The van der Waals surface area contributed by atoms with Crippen molar-refractivity contribution in [2.24, 2.45) is 0 Å². The van der Waals surface area contributed by atoms with E-state index in [1.165, 1.54) is 110 Å². The van der Waals surface area contributed by atoms with Gasteiger partial charge in [-0.15, -0.1) is 0 Å². The summed E-state index contributed by atoms with van der Waals surface area (Å²) in [6, 6.07) is 93.0. The third kappa shape index (κ3) is 6.88. The van der Waals surface area contributed by atoms with Gasteiger partial charge in [-0.1, -0.05) is 261 Å². The molecule has 0 aliphatic carbocycles. The molecule has 0 aromatic heterocycles. The van der Waals surface area contributed by atoms with Gasteiger partial charge < -0.3 is 0 Å². The highest BCUT2D eigenvalue weighted by molar-refractivity contribution is 6.26. The quantitative estimate of drug-likeness (QED) is 0.106. The van der Waals surface area contributed by atoms with Crippen molar-refractivity contribution in [1.29, 1.82) is 0 Å². The summed E-state index contributed by atoms with van der Waals surface area (Å²) in [5.74, 6) is 0. The van der Waals surface area contributed by atoms with Crippen LogP contribution in [-0.2, 0) is 0 Å². The molecule has 12 aromatic carbocycles. The molecule has 0 heteroatoms. The van der Waals surface area contributed by atoms with E-state index in [1.54, 1.807) is 0 Å². The van der Waals surface area contributed by atoms with Crippen LogP contribution in [-0.4, -0.2) is 0 Å². The van der Waals surface area contributed by atoms with Crippen molar-refractivity contribution in [2.75, 3.05) is 0 Å². The second kappa shape index (κ2) is 16.8. The molecule has 66 heavy (non-hydrogen) atoms. The molecular weight excluding hydrogens is 793 g/mol. The van der Waals surface area contributed by atoms with E-state index in [1.807, 2.05) is 0 Å². The first-order valence-corrected chi connectivity index (χ1v) is 22.8. The van der Waals surface area contributed by atoms with E-state index in [-0.39, 0.29) is 0 Å². The van der Waals surface area contributed by atoms with Crippen molar-refractivity contribution in [3.05, 3.63) is 266 Å². The molecule has 0 radical (unpaired) electrons. The highest BCUT2D eigenvalue weighted by Crippen LogP contribution is 2.49. The van der Waals surface area contributed by atoms with Gasteiger partial charge in [-0.05, 0) is 127 Å². The van der Waals surface area contributed by atoms with E-state index in [9.17, 15) is 0 Å². The van der Waals surface area contributed by atoms with Crippen LogP contribution in [0.25, 0.3) is 122 Å². The SMILES string of the molecule is C(=Cc1cccc(-c2cccc3c(-c4ccccc4)c4ccccc4c(-c4ccccc4)c23)c1)c1ccc(-c2cccc3c(-c4ccccc4)c4ccccc4c(-c4ccccc4)c23)cc1. The molecule has 0 saturated carbocycles. The van der Waals surface area contributed by atoms with Crippen molar-refractivity contribution < 1.29 is 0 Å². The second-order valence-electron chi connectivity index (χ2n) is 17.1. The monoisotopic (exact) mass is 836 g/mol. The number of benzene rings is 12. The summed E-state index contributed by atoms with van der Waals surface area (Å²) in [4.78, 5) is 0.